The minimum atomic E-state index is -1.15. The lowest BCUT2D eigenvalue weighted by molar-refractivity contribution is -0.117. The molecule has 3 aromatic carbocycles. The van der Waals surface area contributed by atoms with E-state index < -0.39 is 11.8 Å². The molecule has 0 saturated carbocycles. The molecule has 0 radical (unpaired) electrons. The Morgan fingerprint density at radius 3 is 2.23 bits per heavy atom. The van der Waals surface area contributed by atoms with E-state index in [1.807, 2.05) is 54.2 Å². The van der Waals surface area contributed by atoms with Crippen molar-refractivity contribution in [2.75, 3.05) is 39.0 Å². The summed E-state index contributed by atoms with van der Waals surface area (Å²) < 4.78 is 19.9. The molecule has 0 aromatic heterocycles. The number of nitrogens with one attached hydrogen (secondary N) is 1. The van der Waals surface area contributed by atoms with Crippen LogP contribution in [0.4, 0.5) is 10.1 Å². The average molecular weight is 480 g/mol. The van der Waals surface area contributed by atoms with Crippen molar-refractivity contribution in [1.82, 2.24) is 9.80 Å². The molecule has 0 spiro atoms. The highest BCUT2D eigenvalue weighted by Gasteiger charge is 2.11. The van der Waals surface area contributed by atoms with Crippen LogP contribution in [0.1, 0.15) is 22.3 Å². The fraction of sp³-hybridized carbons (Fsp3) is 0.259. The van der Waals surface area contributed by atoms with E-state index in [9.17, 15) is 14.0 Å². The van der Waals surface area contributed by atoms with Gasteiger partial charge in [-0.05, 0) is 82.1 Å². The van der Waals surface area contributed by atoms with Gasteiger partial charge >= 0.3 is 5.97 Å². The van der Waals surface area contributed by atoms with Gasteiger partial charge in [-0.25, -0.2) is 9.18 Å². The van der Waals surface area contributed by atoms with E-state index >= 15 is 0 Å². The van der Waals surface area contributed by atoms with E-state index in [1.54, 1.807) is 24.3 Å². The summed E-state index contributed by atoms with van der Waals surface area (Å²) in [4.78, 5) is 27.2. The van der Waals surface area contributed by atoms with Crippen LogP contribution in [0.5, 0.6) is 11.5 Å². The lowest BCUT2D eigenvalue weighted by Gasteiger charge is -2.20. The number of nitrogens with zero attached hydrogens (tertiary/aromatic N) is 2. The zero-order chi connectivity index (χ0) is 25.2. The van der Waals surface area contributed by atoms with Gasteiger partial charge in [-0.3, -0.25) is 9.69 Å². The molecule has 0 heterocycles. The molecule has 0 unspecified atom stereocenters. The number of para-hydroxylation sites is 1. The maximum absolute atomic E-state index is 14.1. The van der Waals surface area contributed by atoms with Crippen LogP contribution in [-0.2, 0) is 11.3 Å². The first-order valence-corrected chi connectivity index (χ1v) is 11.3. The highest BCUT2D eigenvalue weighted by molar-refractivity contribution is 5.92. The second-order valence-electron chi connectivity index (χ2n) is 8.43. The molecule has 0 saturated heterocycles. The van der Waals surface area contributed by atoms with Gasteiger partial charge in [0.2, 0.25) is 5.91 Å². The Kier molecular flexibility index (Phi) is 9.34. The number of rotatable bonds is 12. The quantitative estimate of drug-likeness (QED) is 0.392. The lowest BCUT2D eigenvalue weighted by atomic mass is 10.1. The number of likely N-dealkylation sites (N-methyl/N-ethyl adjacent to an activating group) is 1. The van der Waals surface area contributed by atoms with E-state index in [0.29, 0.717) is 36.6 Å². The highest BCUT2D eigenvalue weighted by atomic mass is 19.1. The van der Waals surface area contributed by atoms with Crippen molar-refractivity contribution in [3.8, 4) is 11.5 Å². The zero-order valence-corrected chi connectivity index (χ0v) is 19.9. The minimum Gasteiger partial charge on any atom is -0.478 e. The van der Waals surface area contributed by atoms with Crippen molar-refractivity contribution in [1.29, 1.82) is 0 Å². The van der Waals surface area contributed by atoms with Crippen LogP contribution < -0.4 is 10.1 Å². The Balaban J connectivity index is 1.36. The summed E-state index contributed by atoms with van der Waals surface area (Å²) in [7, 11) is 3.75. The molecule has 0 atom stereocenters. The number of carbonyl (C=O) groups is 2. The molecule has 3 rings (SSSR count). The summed E-state index contributed by atoms with van der Waals surface area (Å²) in [5, 5.41) is 11.8. The topological polar surface area (TPSA) is 82.1 Å². The van der Waals surface area contributed by atoms with E-state index in [4.69, 9.17) is 9.84 Å². The Morgan fingerprint density at radius 1 is 0.914 bits per heavy atom. The molecule has 184 valence electrons. The van der Waals surface area contributed by atoms with Crippen molar-refractivity contribution >= 4 is 17.6 Å². The first kappa shape index (κ1) is 25.9. The predicted octanol–water partition coefficient (Wildman–Crippen LogP) is 4.71. The second kappa shape index (κ2) is 12.6. The molecule has 3 aromatic rings. The van der Waals surface area contributed by atoms with Gasteiger partial charge in [0.15, 0.2) is 0 Å². The number of amides is 1. The standard InChI is InChI=1S/C27H30FN3O4/c1-30(18-21-10-9-20(27(33)34)17-25(21)28)15-6-16-31(2)19-26(32)29-22-11-13-24(14-12-22)35-23-7-4-3-5-8-23/h3-5,7-14,17H,6,15-16,18-19H2,1-2H3,(H,29,32)(H,33,34). The lowest BCUT2D eigenvalue weighted by Crippen LogP contribution is -2.32. The summed E-state index contributed by atoms with van der Waals surface area (Å²) in [5.41, 5.74) is 1.08. The van der Waals surface area contributed by atoms with E-state index in [1.165, 1.54) is 12.1 Å². The number of halogens is 1. The third kappa shape index (κ3) is 8.51. The summed E-state index contributed by atoms with van der Waals surface area (Å²) in [5.74, 6) is -0.348. The molecule has 2 N–H and O–H groups in total. The summed E-state index contributed by atoms with van der Waals surface area (Å²) in [6.07, 6.45) is 0.792. The maximum atomic E-state index is 14.1. The minimum absolute atomic E-state index is 0.0646. The molecule has 0 bridgehead atoms. The monoisotopic (exact) mass is 479 g/mol. The van der Waals surface area contributed by atoms with E-state index in [0.717, 1.165) is 18.2 Å². The largest absolute Gasteiger partial charge is 0.478 e. The van der Waals surface area contributed by atoms with Gasteiger partial charge in [0.05, 0.1) is 12.1 Å². The fourth-order valence-corrected chi connectivity index (χ4v) is 3.54. The molecule has 0 fully saturated rings. The van der Waals surface area contributed by atoms with Crippen LogP contribution in [0.25, 0.3) is 0 Å². The van der Waals surface area contributed by atoms with Crippen molar-refractivity contribution in [2.45, 2.75) is 13.0 Å². The number of aromatic carboxylic acids is 1. The zero-order valence-electron chi connectivity index (χ0n) is 19.9. The van der Waals surface area contributed by atoms with Gasteiger partial charge in [0.25, 0.3) is 0 Å². The van der Waals surface area contributed by atoms with Crippen LogP contribution in [0.3, 0.4) is 0 Å². The van der Waals surface area contributed by atoms with Crippen molar-refractivity contribution in [3.05, 3.63) is 89.7 Å². The van der Waals surface area contributed by atoms with Gasteiger partial charge in [0, 0.05) is 17.8 Å². The van der Waals surface area contributed by atoms with Crippen LogP contribution in [-0.4, -0.2) is 60.5 Å². The number of benzene rings is 3. The van der Waals surface area contributed by atoms with Gasteiger partial charge in [-0.15, -0.1) is 0 Å². The molecule has 0 aliphatic carbocycles. The molecule has 0 aliphatic heterocycles. The molecule has 7 nitrogen and oxygen atoms in total. The van der Waals surface area contributed by atoms with Crippen molar-refractivity contribution in [3.63, 3.8) is 0 Å². The van der Waals surface area contributed by atoms with Crippen LogP contribution in [0.2, 0.25) is 0 Å². The number of carboxylic acid groups (broad SMARTS) is 1. The fourth-order valence-electron chi connectivity index (χ4n) is 3.54. The molecular weight excluding hydrogens is 449 g/mol. The molecule has 0 aliphatic rings. The van der Waals surface area contributed by atoms with E-state index in [2.05, 4.69) is 5.32 Å². The number of ether oxygens (including phenoxy) is 1. The summed E-state index contributed by atoms with van der Waals surface area (Å²) in [6, 6.07) is 20.6. The molecule has 35 heavy (non-hydrogen) atoms. The van der Waals surface area contributed by atoms with Crippen molar-refractivity contribution < 1.29 is 23.8 Å². The Labute approximate surface area is 204 Å². The van der Waals surface area contributed by atoms with Crippen molar-refractivity contribution in [2.24, 2.45) is 0 Å². The van der Waals surface area contributed by atoms with Crippen LogP contribution in [0, 0.1) is 5.82 Å². The smallest absolute Gasteiger partial charge is 0.335 e. The Bertz CT molecular complexity index is 1120. The van der Waals surface area contributed by atoms with Gasteiger partial charge < -0.3 is 20.1 Å². The van der Waals surface area contributed by atoms with Gasteiger partial charge in [-0.2, -0.15) is 0 Å². The second-order valence-corrected chi connectivity index (χ2v) is 8.43. The first-order valence-electron chi connectivity index (χ1n) is 11.3. The maximum Gasteiger partial charge on any atom is 0.335 e. The predicted molar refractivity (Wildman–Crippen MR) is 133 cm³/mol. The normalized spacial score (nSPS) is 11.0. The summed E-state index contributed by atoms with van der Waals surface area (Å²) >= 11 is 0. The highest BCUT2D eigenvalue weighted by Crippen LogP contribution is 2.22. The third-order valence-electron chi connectivity index (χ3n) is 5.35. The third-order valence-corrected chi connectivity index (χ3v) is 5.35. The SMILES string of the molecule is CN(CCCN(C)Cc1ccc(C(=O)O)cc1F)CC(=O)Nc1ccc(Oc2ccccc2)cc1. The van der Waals surface area contributed by atoms with Crippen LogP contribution in [0.15, 0.2) is 72.8 Å². The number of anilines is 1. The van der Waals surface area contributed by atoms with Crippen LogP contribution >= 0.6 is 0 Å². The Morgan fingerprint density at radius 2 is 1.57 bits per heavy atom. The van der Waals surface area contributed by atoms with E-state index in [-0.39, 0.29) is 18.0 Å². The van der Waals surface area contributed by atoms with Gasteiger partial charge in [0.1, 0.15) is 17.3 Å². The molecule has 1 amide bonds. The average Bonchev–Trinajstić information content (AvgIpc) is 2.82. The number of carbonyl (C=O) groups excluding carboxylic acids is 1. The molecular formula is C27H30FN3O4. The first-order chi connectivity index (χ1) is 16.8. The number of carboxylic acids is 1. The molecule has 8 heteroatoms. The Hall–Kier alpha value is -3.75. The summed E-state index contributed by atoms with van der Waals surface area (Å²) in [6.45, 7) is 2.02. The van der Waals surface area contributed by atoms with Gasteiger partial charge in [-0.1, -0.05) is 24.3 Å². The number of hydrogen-bond acceptors (Lipinski definition) is 5. The number of hydrogen-bond donors (Lipinski definition) is 2.